The minimum absolute atomic E-state index is 0.184. The Bertz CT molecular complexity index is 1590. The van der Waals surface area contributed by atoms with Crippen LogP contribution in [0.25, 0.3) is 0 Å². The van der Waals surface area contributed by atoms with Crippen LogP contribution in [-0.4, -0.2) is 38.0 Å². The minimum atomic E-state index is -0.450. The number of anilines is 2. The number of thiophene rings is 2. The van der Waals surface area contributed by atoms with Crippen molar-refractivity contribution in [3.8, 4) is 0 Å². The highest BCUT2D eigenvalue weighted by molar-refractivity contribution is 7.17. The van der Waals surface area contributed by atoms with E-state index in [0.29, 0.717) is 44.1 Å². The zero-order chi connectivity index (χ0) is 35.0. The molecule has 2 amide bonds. The summed E-state index contributed by atoms with van der Waals surface area (Å²) in [5.41, 5.74) is 3.91. The first-order chi connectivity index (χ1) is 22.7. The standard InChI is InChI=1S/C38H48N2O6S2/c1-9-37(3,4)23-15-17-25-27(19-23)47-33(29(25)35(43)45-7)39-31(41)21-11-13-22(14-12-21)32(42)40-34-30(36(44)46-8)26-18-16-24(20-28(26)48-34)38(5,6)10-2/h11-14,23-24H,9-10,15-20H2,1-8H3,(H,39,41)(H,40,42). The molecule has 2 aromatic heterocycles. The summed E-state index contributed by atoms with van der Waals surface area (Å²) in [5, 5.41) is 6.90. The smallest absolute Gasteiger partial charge is 0.341 e. The quantitative estimate of drug-likeness (QED) is 0.205. The molecule has 0 fully saturated rings. The zero-order valence-corrected chi connectivity index (χ0v) is 31.0. The molecule has 8 nitrogen and oxygen atoms in total. The third-order valence-electron chi connectivity index (χ3n) is 11.2. The maximum atomic E-state index is 13.4. The average Bonchev–Trinajstić information content (AvgIpc) is 3.63. The van der Waals surface area contributed by atoms with E-state index in [1.165, 1.54) is 36.9 Å². The van der Waals surface area contributed by atoms with Crippen LogP contribution in [0.4, 0.5) is 10.0 Å². The Kier molecular flexibility index (Phi) is 10.6. The molecular formula is C38H48N2O6S2. The molecule has 2 aliphatic rings. The van der Waals surface area contributed by atoms with Gasteiger partial charge in [-0.2, -0.15) is 0 Å². The number of hydrogen-bond acceptors (Lipinski definition) is 8. The third kappa shape index (κ3) is 6.97. The maximum Gasteiger partial charge on any atom is 0.341 e. The number of fused-ring (bicyclic) bond motifs is 2. The predicted octanol–water partition coefficient (Wildman–Crippen LogP) is 8.97. The second-order valence-corrected chi connectivity index (χ2v) is 16.7. The Morgan fingerprint density at radius 3 is 1.35 bits per heavy atom. The van der Waals surface area contributed by atoms with E-state index in [0.717, 1.165) is 72.2 Å². The number of carbonyl (C=O) groups excluding carboxylic acids is 4. The first kappa shape index (κ1) is 35.8. The van der Waals surface area contributed by atoms with Crippen molar-refractivity contribution < 1.29 is 28.7 Å². The molecule has 3 aromatic rings. The number of benzene rings is 1. The molecule has 10 heteroatoms. The van der Waals surface area contributed by atoms with E-state index >= 15 is 0 Å². The molecular weight excluding hydrogens is 645 g/mol. The summed E-state index contributed by atoms with van der Waals surface area (Å²) in [6, 6.07) is 6.36. The molecule has 0 bridgehead atoms. The minimum Gasteiger partial charge on any atom is -0.465 e. The summed E-state index contributed by atoms with van der Waals surface area (Å²) in [6.45, 7) is 13.6. The molecule has 48 heavy (non-hydrogen) atoms. The van der Waals surface area contributed by atoms with Gasteiger partial charge < -0.3 is 20.1 Å². The van der Waals surface area contributed by atoms with E-state index in [1.807, 2.05) is 0 Å². The van der Waals surface area contributed by atoms with Gasteiger partial charge in [0, 0.05) is 20.9 Å². The number of nitrogens with one attached hydrogen (secondary N) is 2. The number of ether oxygens (including phenoxy) is 2. The summed E-state index contributed by atoms with van der Waals surface area (Å²) in [4.78, 5) is 54.8. The molecule has 0 saturated heterocycles. The van der Waals surface area contributed by atoms with Crippen LogP contribution in [0.15, 0.2) is 24.3 Å². The highest BCUT2D eigenvalue weighted by Gasteiger charge is 2.37. The van der Waals surface area contributed by atoms with Crippen LogP contribution in [-0.2, 0) is 35.2 Å². The van der Waals surface area contributed by atoms with Gasteiger partial charge in [0.05, 0.1) is 25.3 Å². The summed E-state index contributed by atoms with van der Waals surface area (Å²) in [5.74, 6) is -0.660. The number of amides is 2. The fourth-order valence-electron chi connectivity index (χ4n) is 7.02. The number of esters is 2. The first-order valence-corrected chi connectivity index (χ1v) is 18.6. The monoisotopic (exact) mass is 692 g/mol. The van der Waals surface area contributed by atoms with Gasteiger partial charge in [-0.05, 0) is 96.6 Å². The summed E-state index contributed by atoms with van der Waals surface area (Å²) in [7, 11) is 2.72. The average molecular weight is 693 g/mol. The van der Waals surface area contributed by atoms with E-state index in [4.69, 9.17) is 9.47 Å². The molecule has 2 atom stereocenters. The number of rotatable bonds is 10. The van der Waals surface area contributed by atoms with Gasteiger partial charge in [-0.3, -0.25) is 9.59 Å². The van der Waals surface area contributed by atoms with Crippen LogP contribution in [0, 0.1) is 22.7 Å². The number of carbonyl (C=O) groups is 4. The third-order valence-corrected chi connectivity index (χ3v) is 13.5. The fraction of sp³-hybridized carbons (Fsp3) is 0.526. The highest BCUT2D eigenvalue weighted by atomic mass is 32.1. The first-order valence-electron chi connectivity index (χ1n) is 16.9. The molecule has 0 spiro atoms. The van der Waals surface area contributed by atoms with E-state index < -0.39 is 11.9 Å². The molecule has 1 aromatic carbocycles. The molecule has 2 unspecified atom stereocenters. The van der Waals surface area contributed by atoms with Gasteiger partial charge in [0.15, 0.2) is 0 Å². The van der Waals surface area contributed by atoms with E-state index in [9.17, 15) is 19.2 Å². The van der Waals surface area contributed by atoms with Crippen LogP contribution in [0.5, 0.6) is 0 Å². The summed E-state index contributed by atoms with van der Waals surface area (Å²) >= 11 is 2.91. The van der Waals surface area contributed by atoms with Crippen molar-refractivity contribution in [1.29, 1.82) is 0 Å². The molecule has 5 rings (SSSR count). The van der Waals surface area contributed by atoms with Crippen LogP contribution >= 0.6 is 22.7 Å². The van der Waals surface area contributed by atoms with Crippen molar-refractivity contribution in [2.24, 2.45) is 22.7 Å². The maximum absolute atomic E-state index is 13.4. The van der Waals surface area contributed by atoms with E-state index in [1.54, 1.807) is 24.3 Å². The molecule has 0 radical (unpaired) electrons. The van der Waals surface area contributed by atoms with Gasteiger partial charge in [0.2, 0.25) is 0 Å². The van der Waals surface area contributed by atoms with Crippen molar-refractivity contribution in [2.75, 3.05) is 24.9 Å². The largest absolute Gasteiger partial charge is 0.465 e. The van der Waals surface area contributed by atoms with Crippen molar-refractivity contribution in [1.82, 2.24) is 0 Å². The summed E-state index contributed by atoms with van der Waals surface area (Å²) in [6.07, 6.45) is 7.38. The fourth-order valence-corrected chi connectivity index (χ4v) is 9.64. The molecule has 0 saturated carbocycles. The lowest BCUT2D eigenvalue weighted by molar-refractivity contribution is 0.0591. The van der Waals surface area contributed by atoms with Gasteiger partial charge in [0.1, 0.15) is 10.0 Å². The molecule has 0 aliphatic heterocycles. The van der Waals surface area contributed by atoms with Crippen LogP contribution in [0.1, 0.15) is 130 Å². The van der Waals surface area contributed by atoms with Crippen LogP contribution in [0.2, 0.25) is 0 Å². The lowest BCUT2D eigenvalue weighted by atomic mass is 9.69. The predicted molar refractivity (Wildman–Crippen MR) is 193 cm³/mol. The van der Waals surface area contributed by atoms with E-state index in [2.05, 4.69) is 52.2 Å². The van der Waals surface area contributed by atoms with Crippen LogP contribution in [0.3, 0.4) is 0 Å². The SMILES string of the molecule is CCC(C)(C)C1CCc2c(sc(NC(=O)c3ccc(C(=O)Nc4sc5c(c4C(=O)OC)CCC(C(C)(C)CC)C5)cc3)c2C(=O)OC)C1. The van der Waals surface area contributed by atoms with Gasteiger partial charge in [0.25, 0.3) is 11.8 Å². The Balaban J connectivity index is 1.33. The van der Waals surface area contributed by atoms with Crippen molar-refractivity contribution >= 4 is 56.4 Å². The Hall–Kier alpha value is -3.50. The van der Waals surface area contributed by atoms with Crippen LogP contribution < -0.4 is 10.6 Å². The topological polar surface area (TPSA) is 111 Å². The zero-order valence-electron chi connectivity index (χ0n) is 29.4. The lowest BCUT2D eigenvalue weighted by Crippen LogP contribution is -2.28. The Morgan fingerprint density at radius 1 is 0.688 bits per heavy atom. The van der Waals surface area contributed by atoms with Gasteiger partial charge in [-0.1, -0.05) is 54.4 Å². The Labute approximate surface area is 292 Å². The van der Waals surface area contributed by atoms with Gasteiger partial charge >= 0.3 is 11.9 Å². The molecule has 2 heterocycles. The summed E-state index contributed by atoms with van der Waals surface area (Å²) < 4.78 is 10.2. The normalized spacial score (nSPS) is 17.6. The molecule has 2 N–H and O–H groups in total. The Morgan fingerprint density at radius 2 is 1.04 bits per heavy atom. The second-order valence-electron chi connectivity index (χ2n) is 14.4. The highest BCUT2D eigenvalue weighted by Crippen LogP contribution is 2.47. The second kappa shape index (κ2) is 14.2. The van der Waals surface area contributed by atoms with Gasteiger partial charge in [-0.25, -0.2) is 9.59 Å². The lowest BCUT2D eigenvalue weighted by Gasteiger charge is -2.36. The molecule has 2 aliphatic carbocycles. The molecule has 258 valence electrons. The van der Waals surface area contributed by atoms with Gasteiger partial charge in [-0.15, -0.1) is 22.7 Å². The number of methoxy groups -OCH3 is 2. The van der Waals surface area contributed by atoms with Crippen molar-refractivity contribution in [3.05, 3.63) is 67.4 Å². The van der Waals surface area contributed by atoms with E-state index in [-0.39, 0.29) is 22.6 Å². The number of hydrogen-bond donors (Lipinski definition) is 2. The van der Waals surface area contributed by atoms with Crippen molar-refractivity contribution in [3.63, 3.8) is 0 Å². The van der Waals surface area contributed by atoms with Crippen molar-refractivity contribution in [2.45, 2.75) is 92.9 Å².